The summed E-state index contributed by atoms with van der Waals surface area (Å²) in [5.74, 6) is 4.41. The number of hydrogen-bond acceptors (Lipinski definition) is 4. The van der Waals surface area contributed by atoms with E-state index in [4.69, 9.17) is 11.5 Å². The number of rotatable bonds is 13. The van der Waals surface area contributed by atoms with Crippen molar-refractivity contribution in [2.75, 3.05) is 97.5 Å². The summed E-state index contributed by atoms with van der Waals surface area (Å²) in [5, 5.41) is 4.56. The third-order valence-electron chi connectivity index (χ3n) is 16.0. The van der Waals surface area contributed by atoms with Gasteiger partial charge in [0.25, 0.3) is 0 Å². The Morgan fingerprint density at radius 1 is 0.712 bits per heavy atom. The lowest BCUT2D eigenvalue weighted by Crippen LogP contribution is -2.82. The number of benzene rings is 1. The van der Waals surface area contributed by atoms with Gasteiger partial charge in [0.2, 0.25) is 0 Å². The average Bonchev–Trinajstić information content (AvgIpc) is 3.85. The van der Waals surface area contributed by atoms with Crippen molar-refractivity contribution in [2.45, 2.75) is 116 Å². The Bertz CT molecular complexity index is 1370. The highest BCUT2D eigenvalue weighted by Gasteiger charge is 2.55. The maximum absolute atomic E-state index is 6.16. The van der Waals surface area contributed by atoms with Gasteiger partial charge < -0.3 is 36.4 Å². The fourth-order valence-corrected chi connectivity index (χ4v) is 11.2. The molecule has 6 unspecified atom stereocenters. The summed E-state index contributed by atoms with van der Waals surface area (Å²) in [6, 6.07) is 8.71. The van der Waals surface area contributed by atoms with Crippen molar-refractivity contribution in [2.24, 2.45) is 73.7 Å². The summed E-state index contributed by atoms with van der Waals surface area (Å²) in [4.78, 5) is 4.62. The summed E-state index contributed by atoms with van der Waals surface area (Å²) in [6.45, 7) is 43.9. The molecular formula is C50H100Cl2N7+3. The van der Waals surface area contributed by atoms with Gasteiger partial charge in [-0.3, -0.25) is 0 Å². The predicted octanol–water partition coefficient (Wildman–Crippen LogP) is 9.03. The Hall–Kier alpha value is -1.22. The van der Waals surface area contributed by atoms with Crippen molar-refractivity contribution < 1.29 is 15.1 Å². The van der Waals surface area contributed by atoms with Gasteiger partial charge in [0.1, 0.15) is 6.20 Å². The lowest BCUT2D eigenvalue weighted by molar-refractivity contribution is -0.881. The summed E-state index contributed by atoms with van der Waals surface area (Å²) in [6.07, 6.45) is 10.8. The van der Waals surface area contributed by atoms with Crippen LogP contribution >= 0.6 is 23.2 Å². The number of nitrogens with zero attached hydrogens (tertiary/aromatic N) is 3. The molecule has 3 heterocycles. The quantitative estimate of drug-likeness (QED) is 0.0690. The topological polar surface area (TPSA) is 91.7 Å². The summed E-state index contributed by atoms with van der Waals surface area (Å²) in [7, 11) is 8.83. The minimum absolute atomic E-state index is 0.195. The van der Waals surface area contributed by atoms with E-state index in [0.29, 0.717) is 29.3 Å². The Morgan fingerprint density at radius 2 is 1.20 bits per heavy atom. The third-order valence-corrected chi connectivity index (χ3v) is 16.0. The molecule has 7 nitrogen and oxygen atoms in total. The molecule has 0 amide bonds. The highest BCUT2D eigenvalue weighted by atomic mass is 35.5. The van der Waals surface area contributed by atoms with Crippen molar-refractivity contribution >= 4 is 34.6 Å². The molecule has 1 aromatic rings. The van der Waals surface area contributed by atoms with Crippen LogP contribution in [0.3, 0.4) is 0 Å². The molecule has 346 valence electrons. The maximum Gasteiger partial charge on any atom is 0.108 e. The molecule has 9 heteroatoms. The van der Waals surface area contributed by atoms with Gasteiger partial charge in [0.05, 0.1) is 60.2 Å². The van der Waals surface area contributed by atoms with Gasteiger partial charge in [-0.2, -0.15) is 0 Å². The van der Waals surface area contributed by atoms with Crippen LogP contribution in [0.15, 0.2) is 36.7 Å². The minimum atomic E-state index is 0.195. The first-order valence-corrected chi connectivity index (χ1v) is 24.4. The molecule has 3 aliphatic heterocycles. The predicted molar refractivity (Wildman–Crippen MR) is 263 cm³/mol. The second-order valence-corrected chi connectivity index (χ2v) is 24.0. The minimum Gasteiger partial charge on any atom is -0.399 e. The maximum atomic E-state index is 6.16. The summed E-state index contributed by atoms with van der Waals surface area (Å²) < 4.78 is 1.16. The summed E-state index contributed by atoms with van der Waals surface area (Å²) >= 11 is 9.28. The zero-order valence-corrected chi connectivity index (χ0v) is 43.9. The van der Waals surface area contributed by atoms with E-state index >= 15 is 0 Å². The standard InChI is InChI=1S/C43H79N4.C5H13N3.2CH3Cl/c1-38(2,3)35-25-45-24-30(35)21-40(7,8)41(9,10)22-31-26-46(34-19-17-33(44)18-20-34)27-36(31)43(13,14)42(11,12)23-32-28-47(15,16)29-37(32)39(4,5)6;1-7-3-4-8(2)5-6;2*1-2/h17-20,30-32,35-37,45H,21-29,44H2,1-16H3;3-4,7H,5-6H2,1-2H3;2*1H3/q+1;;;/p+2/b;4-3-;;. The van der Waals surface area contributed by atoms with Crippen LogP contribution in [0.2, 0.25) is 0 Å². The van der Waals surface area contributed by atoms with Crippen LogP contribution < -0.4 is 27.0 Å². The second kappa shape index (κ2) is 22.4. The first kappa shape index (κ1) is 55.8. The number of quaternary nitrogens is 3. The van der Waals surface area contributed by atoms with Gasteiger partial charge >= 0.3 is 0 Å². The van der Waals surface area contributed by atoms with Crippen LogP contribution in [0.4, 0.5) is 11.4 Å². The Morgan fingerprint density at radius 3 is 1.68 bits per heavy atom. The SMILES string of the molecule is CC(C)(C)C1C[NH2+]CC1CC(C)(C)C(C)(C)CC1CN(c2ccc(N)cc2)CC1C(C)(C)C(C)(C)CC1C[N+](C)(C)CC1C(C)(C)C.CCl.CCl.C[NH2+]/C=C\N(C)CN. The molecule has 3 fully saturated rings. The number of halogens is 2. The van der Waals surface area contributed by atoms with E-state index in [1.54, 1.807) is 0 Å². The van der Waals surface area contributed by atoms with Crippen molar-refractivity contribution in [1.82, 2.24) is 4.90 Å². The van der Waals surface area contributed by atoms with Crippen molar-refractivity contribution in [3.63, 3.8) is 0 Å². The second-order valence-electron chi connectivity index (χ2n) is 24.0. The highest BCUT2D eigenvalue weighted by molar-refractivity contribution is 6.15. The zero-order chi connectivity index (χ0) is 46.0. The fourth-order valence-electron chi connectivity index (χ4n) is 11.2. The van der Waals surface area contributed by atoms with Gasteiger partial charge in [0, 0.05) is 67.9 Å². The molecule has 3 saturated heterocycles. The fraction of sp³-hybridized carbons (Fsp3) is 0.840. The van der Waals surface area contributed by atoms with E-state index in [1.165, 1.54) is 63.9 Å². The Kier molecular flexibility index (Phi) is 21.2. The third kappa shape index (κ3) is 15.2. The molecule has 8 N–H and O–H groups in total. The number of likely N-dealkylation sites (tertiary alicyclic amines) is 1. The molecule has 0 aliphatic carbocycles. The van der Waals surface area contributed by atoms with Gasteiger partial charge in [-0.15, -0.1) is 23.2 Å². The smallest absolute Gasteiger partial charge is 0.108 e. The highest BCUT2D eigenvalue weighted by Crippen LogP contribution is 2.58. The largest absolute Gasteiger partial charge is 0.399 e. The summed E-state index contributed by atoms with van der Waals surface area (Å²) in [5.41, 5.74) is 15.3. The molecule has 0 spiro atoms. The van der Waals surface area contributed by atoms with Gasteiger partial charge in [-0.1, -0.05) is 96.9 Å². The average molecular weight is 870 g/mol. The van der Waals surface area contributed by atoms with Crippen molar-refractivity contribution in [1.29, 1.82) is 0 Å². The van der Waals surface area contributed by atoms with Crippen LogP contribution in [0.25, 0.3) is 0 Å². The van der Waals surface area contributed by atoms with Gasteiger partial charge in [-0.25, -0.2) is 0 Å². The Labute approximate surface area is 377 Å². The zero-order valence-electron chi connectivity index (χ0n) is 42.4. The molecule has 4 rings (SSSR count). The van der Waals surface area contributed by atoms with Crippen molar-refractivity contribution in [3.8, 4) is 0 Å². The number of nitrogen functional groups attached to an aromatic ring is 1. The normalized spacial score (nSPS) is 25.2. The number of nitrogens with two attached hydrogens (primary N) is 4. The number of alkyl halides is 2. The van der Waals surface area contributed by atoms with Crippen LogP contribution in [0.5, 0.6) is 0 Å². The van der Waals surface area contributed by atoms with E-state index in [1.807, 2.05) is 36.7 Å². The first-order valence-electron chi connectivity index (χ1n) is 22.8. The van der Waals surface area contributed by atoms with Crippen molar-refractivity contribution in [3.05, 3.63) is 36.7 Å². The van der Waals surface area contributed by atoms with Crippen LogP contribution in [-0.4, -0.2) is 96.3 Å². The van der Waals surface area contributed by atoms with E-state index in [2.05, 4.69) is 169 Å². The lowest BCUT2D eigenvalue weighted by atomic mass is 9.53. The molecular weight excluding hydrogens is 770 g/mol. The molecule has 0 saturated carbocycles. The Balaban J connectivity index is 0.00000128. The van der Waals surface area contributed by atoms with E-state index in [0.717, 1.165) is 46.9 Å². The molecule has 3 aliphatic rings. The monoisotopic (exact) mass is 869 g/mol. The first-order chi connectivity index (χ1) is 27.0. The van der Waals surface area contributed by atoms with Crippen LogP contribution in [0.1, 0.15) is 116 Å². The van der Waals surface area contributed by atoms with E-state index in [-0.39, 0.29) is 21.7 Å². The molecule has 0 bridgehead atoms. The van der Waals surface area contributed by atoms with Crippen LogP contribution in [0, 0.1) is 68.0 Å². The molecule has 0 radical (unpaired) electrons. The van der Waals surface area contributed by atoms with E-state index in [9.17, 15) is 0 Å². The van der Waals surface area contributed by atoms with Crippen LogP contribution in [-0.2, 0) is 0 Å². The van der Waals surface area contributed by atoms with Gasteiger partial charge in [0.15, 0.2) is 0 Å². The van der Waals surface area contributed by atoms with E-state index < -0.39 is 0 Å². The molecule has 6 atom stereocenters. The number of hydrogen-bond donors (Lipinski definition) is 4. The molecule has 59 heavy (non-hydrogen) atoms. The molecule has 1 aromatic carbocycles. The number of anilines is 2. The van der Waals surface area contributed by atoms with Gasteiger partial charge in [-0.05, 0) is 87.9 Å². The lowest BCUT2D eigenvalue weighted by Gasteiger charge is -2.51. The molecule has 0 aromatic heterocycles.